The standard InChI is InChI=1S/C14H12OS3/c1-10-6-9-18-13(10)14(15,11-4-2-7-16-11)12-5-3-8-17-12/h2-9,15H,1H3. The van der Waals surface area contributed by atoms with E-state index >= 15 is 0 Å². The molecule has 1 nitrogen and oxygen atoms in total. The van der Waals surface area contributed by atoms with Crippen molar-refractivity contribution < 1.29 is 5.11 Å². The topological polar surface area (TPSA) is 20.2 Å². The summed E-state index contributed by atoms with van der Waals surface area (Å²) in [4.78, 5) is 2.98. The second-order valence-electron chi connectivity index (χ2n) is 4.10. The maximum absolute atomic E-state index is 11.3. The lowest BCUT2D eigenvalue weighted by Gasteiger charge is -2.26. The number of thiophene rings is 3. The highest BCUT2D eigenvalue weighted by Crippen LogP contribution is 2.44. The molecule has 0 saturated carbocycles. The Hall–Kier alpha value is -0.940. The Morgan fingerprint density at radius 3 is 1.89 bits per heavy atom. The molecule has 0 atom stereocenters. The van der Waals surface area contributed by atoms with Crippen molar-refractivity contribution in [3.63, 3.8) is 0 Å². The molecule has 1 N–H and O–H groups in total. The zero-order valence-corrected chi connectivity index (χ0v) is 12.2. The van der Waals surface area contributed by atoms with Crippen LogP contribution in [0.2, 0.25) is 0 Å². The quantitative estimate of drug-likeness (QED) is 0.755. The summed E-state index contributed by atoms with van der Waals surface area (Å²) >= 11 is 4.81. The van der Waals surface area contributed by atoms with Crippen LogP contribution < -0.4 is 0 Å². The van der Waals surface area contributed by atoms with E-state index in [0.717, 1.165) is 20.2 Å². The number of hydrogen-bond acceptors (Lipinski definition) is 4. The molecule has 0 bridgehead atoms. The average molecular weight is 292 g/mol. The van der Waals surface area contributed by atoms with Gasteiger partial charge < -0.3 is 5.11 Å². The SMILES string of the molecule is Cc1ccsc1C(O)(c1cccs1)c1cccs1. The minimum atomic E-state index is -0.986. The third kappa shape index (κ3) is 1.77. The monoisotopic (exact) mass is 292 g/mol. The lowest BCUT2D eigenvalue weighted by molar-refractivity contribution is 0.137. The van der Waals surface area contributed by atoms with Crippen molar-refractivity contribution in [2.75, 3.05) is 0 Å². The van der Waals surface area contributed by atoms with Crippen LogP contribution in [0.4, 0.5) is 0 Å². The van der Waals surface area contributed by atoms with Crippen LogP contribution in [0.5, 0.6) is 0 Å². The summed E-state index contributed by atoms with van der Waals surface area (Å²) in [5.74, 6) is 0. The van der Waals surface area contributed by atoms with E-state index in [4.69, 9.17) is 0 Å². The van der Waals surface area contributed by atoms with Crippen LogP contribution in [0.25, 0.3) is 0 Å². The summed E-state index contributed by atoms with van der Waals surface area (Å²) in [6.45, 7) is 2.05. The van der Waals surface area contributed by atoms with E-state index in [1.165, 1.54) is 0 Å². The van der Waals surface area contributed by atoms with Crippen molar-refractivity contribution in [1.29, 1.82) is 0 Å². The Morgan fingerprint density at radius 2 is 1.50 bits per heavy atom. The van der Waals surface area contributed by atoms with E-state index in [2.05, 4.69) is 13.0 Å². The summed E-state index contributed by atoms with van der Waals surface area (Å²) in [5.41, 5.74) is 0.157. The van der Waals surface area contributed by atoms with Gasteiger partial charge in [0, 0.05) is 14.6 Å². The molecule has 4 heteroatoms. The van der Waals surface area contributed by atoms with Crippen molar-refractivity contribution in [3.8, 4) is 0 Å². The largest absolute Gasteiger partial charge is 0.374 e. The van der Waals surface area contributed by atoms with Crippen LogP contribution in [0, 0.1) is 6.92 Å². The molecule has 3 rings (SSSR count). The first kappa shape index (κ1) is 12.1. The van der Waals surface area contributed by atoms with Crippen LogP contribution in [0.1, 0.15) is 20.2 Å². The Kier molecular flexibility index (Phi) is 3.11. The van der Waals surface area contributed by atoms with E-state index in [-0.39, 0.29) is 0 Å². The fourth-order valence-corrected chi connectivity index (χ4v) is 4.99. The highest BCUT2D eigenvalue weighted by Gasteiger charge is 2.38. The molecule has 3 heterocycles. The Morgan fingerprint density at radius 1 is 0.889 bits per heavy atom. The van der Waals surface area contributed by atoms with Crippen molar-refractivity contribution in [2.24, 2.45) is 0 Å². The van der Waals surface area contributed by atoms with Gasteiger partial charge in [-0.2, -0.15) is 0 Å². The third-order valence-electron chi connectivity index (χ3n) is 2.95. The molecule has 0 spiro atoms. The zero-order chi connectivity index (χ0) is 12.6. The summed E-state index contributed by atoms with van der Waals surface area (Å²) in [6.07, 6.45) is 0. The van der Waals surface area contributed by atoms with Gasteiger partial charge in [0.1, 0.15) is 0 Å². The van der Waals surface area contributed by atoms with Crippen molar-refractivity contribution in [3.05, 3.63) is 66.7 Å². The van der Waals surface area contributed by atoms with E-state index in [9.17, 15) is 5.11 Å². The molecular formula is C14H12OS3. The zero-order valence-electron chi connectivity index (χ0n) is 9.79. The fraction of sp³-hybridized carbons (Fsp3) is 0.143. The van der Waals surface area contributed by atoms with Gasteiger partial charge in [0.05, 0.1) is 0 Å². The maximum Gasteiger partial charge on any atom is 0.168 e. The molecule has 0 aliphatic carbocycles. The molecule has 0 aliphatic heterocycles. The Balaban J connectivity index is 2.25. The smallest absolute Gasteiger partial charge is 0.168 e. The molecule has 3 aromatic rings. The third-order valence-corrected chi connectivity index (χ3v) is 6.03. The predicted octanol–water partition coefficient (Wildman–Crippen LogP) is 4.46. The number of hydrogen-bond donors (Lipinski definition) is 1. The van der Waals surface area contributed by atoms with E-state index in [1.807, 2.05) is 40.4 Å². The summed E-state index contributed by atoms with van der Waals surface area (Å²) in [5, 5.41) is 17.4. The van der Waals surface area contributed by atoms with Gasteiger partial charge in [0.2, 0.25) is 0 Å². The highest BCUT2D eigenvalue weighted by atomic mass is 32.1. The second kappa shape index (κ2) is 4.63. The van der Waals surface area contributed by atoms with Gasteiger partial charge in [-0.3, -0.25) is 0 Å². The predicted molar refractivity (Wildman–Crippen MR) is 79.8 cm³/mol. The van der Waals surface area contributed by atoms with E-state index in [1.54, 1.807) is 34.0 Å². The van der Waals surface area contributed by atoms with Gasteiger partial charge in [-0.15, -0.1) is 34.0 Å². The first-order chi connectivity index (χ1) is 8.73. The Bertz CT molecular complexity index is 586. The second-order valence-corrected chi connectivity index (χ2v) is 6.91. The molecule has 0 amide bonds. The van der Waals surface area contributed by atoms with Gasteiger partial charge in [-0.05, 0) is 46.8 Å². The summed E-state index contributed by atoms with van der Waals surface area (Å²) in [6, 6.07) is 10.0. The van der Waals surface area contributed by atoms with Gasteiger partial charge >= 0.3 is 0 Å². The van der Waals surface area contributed by atoms with Gasteiger partial charge in [-0.25, -0.2) is 0 Å². The summed E-state index contributed by atoms with van der Waals surface area (Å²) in [7, 11) is 0. The first-order valence-electron chi connectivity index (χ1n) is 5.58. The van der Waals surface area contributed by atoms with Gasteiger partial charge in [-0.1, -0.05) is 12.1 Å². The highest BCUT2D eigenvalue weighted by molar-refractivity contribution is 7.13. The fourth-order valence-electron chi connectivity index (χ4n) is 2.06. The number of aryl methyl sites for hydroxylation is 1. The van der Waals surface area contributed by atoms with Crippen molar-refractivity contribution >= 4 is 34.0 Å². The minimum absolute atomic E-state index is 0.982. The maximum atomic E-state index is 11.3. The van der Waals surface area contributed by atoms with Gasteiger partial charge in [0.15, 0.2) is 5.60 Å². The molecular weight excluding hydrogens is 280 g/mol. The van der Waals surface area contributed by atoms with Gasteiger partial charge in [0.25, 0.3) is 0 Å². The lowest BCUT2D eigenvalue weighted by atomic mass is 9.95. The first-order valence-corrected chi connectivity index (χ1v) is 8.21. The molecule has 0 radical (unpaired) electrons. The Labute approximate surface area is 118 Å². The minimum Gasteiger partial charge on any atom is -0.374 e. The van der Waals surface area contributed by atoms with Crippen molar-refractivity contribution in [2.45, 2.75) is 12.5 Å². The van der Waals surface area contributed by atoms with E-state index < -0.39 is 5.60 Å². The number of aliphatic hydroxyl groups is 1. The van der Waals surface area contributed by atoms with Crippen LogP contribution in [0.15, 0.2) is 46.5 Å². The molecule has 0 saturated heterocycles. The van der Waals surface area contributed by atoms with E-state index in [0.29, 0.717) is 0 Å². The van der Waals surface area contributed by atoms with Crippen LogP contribution >= 0.6 is 34.0 Å². The van der Waals surface area contributed by atoms with Crippen LogP contribution in [-0.2, 0) is 5.60 Å². The number of rotatable bonds is 3. The summed E-state index contributed by atoms with van der Waals surface area (Å²) < 4.78 is 0. The normalized spacial score (nSPS) is 11.9. The lowest BCUT2D eigenvalue weighted by Crippen LogP contribution is -2.26. The molecule has 0 aliphatic rings. The van der Waals surface area contributed by atoms with Crippen molar-refractivity contribution in [1.82, 2.24) is 0 Å². The average Bonchev–Trinajstić information content (AvgIpc) is 3.11. The molecule has 92 valence electrons. The molecule has 0 unspecified atom stereocenters. The molecule has 0 fully saturated rings. The molecule has 3 aromatic heterocycles. The molecule has 18 heavy (non-hydrogen) atoms. The van der Waals surface area contributed by atoms with Crippen LogP contribution in [-0.4, -0.2) is 5.11 Å². The van der Waals surface area contributed by atoms with Crippen LogP contribution in [0.3, 0.4) is 0 Å². The molecule has 0 aromatic carbocycles.